The van der Waals surface area contributed by atoms with Crippen LogP contribution >= 0.6 is 0 Å². The molecule has 0 atom stereocenters. The van der Waals surface area contributed by atoms with Gasteiger partial charge in [-0.3, -0.25) is 9.78 Å². The number of benzene rings is 1. The van der Waals surface area contributed by atoms with E-state index >= 15 is 0 Å². The second kappa shape index (κ2) is 9.37. The number of rotatable bonds is 8. The lowest BCUT2D eigenvalue weighted by Crippen LogP contribution is -2.29. The normalized spacial score (nSPS) is 14.1. The Morgan fingerprint density at radius 2 is 1.81 bits per heavy atom. The first-order valence-corrected chi connectivity index (χ1v) is 9.40. The first-order valence-electron chi connectivity index (χ1n) is 9.40. The van der Waals surface area contributed by atoms with Crippen molar-refractivity contribution in [2.24, 2.45) is 0 Å². The molecule has 6 nitrogen and oxygen atoms in total. The molecule has 1 aliphatic heterocycles. The van der Waals surface area contributed by atoms with Crippen LogP contribution < -0.4 is 14.8 Å². The Bertz CT molecular complexity index is 756. The van der Waals surface area contributed by atoms with Crippen molar-refractivity contribution in [1.29, 1.82) is 0 Å². The number of carbonyl (C=O) groups is 1. The van der Waals surface area contributed by atoms with Gasteiger partial charge in [-0.05, 0) is 62.7 Å². The second-order valence-electron chi connectivity index (χ2n) is 6.66. The van der Waals surface area contributed by atoms with Crippen molar-refractivity contribution in [3.05, 3.63) is 42.2 Å². The molecule has 144 valence electrons. The van der Waals surface area contributed by atoms with Gasteiger partial charge in [-0.15, -0.1) is 0 Å². The van der Waals surface area contributed by atoms with Gasteiger partial charge in [0.25, 0.3) is 5.91 Å². The van der Waals surface area contributed by atoms with Crippen LogP contribution in [-0.4, -0.2) is 56.2 Å². The number of aromatic nitrogens is 1. The smallest absolute Gasteiger partial charge is 0.269 e. The van der Waals surface area contributed by atoms with Crippen LogP contribution in [0.3, 0.4) is 0 Å². The second-order valence-corrected chi connectivity index (χ2v) is 6.66. The molecule has 1 amide bonds. The maximum atomic E-state index is 12.2. The third-order valence-corrected chi connectivity index (χ3v) is 4.85. The lowest BCUT2D eigenvalue weighted by molar-refractivity contribution is 0.0947. The average Bonchev–Trinajstić information content (AvgIpc) is 3.24. The minimum absolute atomic E-state index is 0.129. The van der Waals surface area contributed by atoms with Gasteiger partial charge in [0, 0.05) is 18.3 Å². The summed E-state index contributed by atoms with van der Waals surface area (Å²) in [6.45, 7) is 4.10. The molecule has 0 bridgehead atoms. The van der Waals surface area contributed by atoms with Gasteiger partial charge in [0.05, 0.1) is 14.2 Å². The fourth-order valence-electron chi connectivity index (χ4n) is 3.32. The summed E-state index contributed by atoms with van der Waals surface area (Å²) in [7, 11) is 3.22. The predicted octanol–water partition coefficient (Wildman–Crippen LogP) is 2.98. The Morgan fingerprint density at radius 3 is 2.48 bits per heavy atom. The third-order valence-electron chi connectivity index (χ3n) is 4.85. The van der Waals surface area contributed by atoms with Crippen LogP contribution in [0.15, 0.2) is 36.5 Å². The summed E-state index contributed by atoms with van der Waals surface area (Å²) in [6.07, 6.45) is 5.27. The molecule has 0 aliphatic carbocycles. The maximum Gasteiger partial charge on any atom is 0.269 e. The first kappa shape index (κ1) is 19.2. The summed E-state index contributed by atoms with van der Waals surface area (Å²) >= 11 is 0. The highest BCUT2D eigenvalue weighted by molar-refractivity contribution is 5.92. The third kappa shape index (κ3) is 4.98. The van der Waals surface area contributed by atoms with Crippen LogP contribution in [0, 0.1) is 0 Å². The summed E-state index contributed by atoms with van der Waals surface area (Å²) in [5.74, 6) is 1.21. The number of methoxy groups -OCH3 is 2. The van der Waals surface area contributed by atoms with E-state index in [4.69, 9.17) is 9.47 Å². The number of pyridine rings is 1. The van der Waals surface area contributed by atoms with Gasteiger partial charge in [0.15, 0.2) is 11.5 Å². The summed E-state index contributed by atoms with van der Waals surface area (Å²) in [5, 5.41) is 2.95. The zero-order chi connectivity index (χ0) is 19.1. The molecule has 0 radical (unpaired) electrons. The predicted molar refractivity (Wildman–Crippen MR) is 105 cm³/mol. The van der Waals surface area contributed by atoms with Crippen LogP contribution in [-0.2, 0) is 0 Å². The average molecular weight is 369 g/mol. The number of hydrogen-bond donors (Lipinski definition) is 1. The van der Waals surface area contributed by atoms with Gasteiger partial charge in [-0.25, -0.2) is 0 Å². The van der Waals surface area contributed by atoms with E-state index in [2.05, 4.69) is 15.2 Å². The Balaban J connectivity index is 1.55. The van der Waals surface area contributed by atoms with Crippen molar-refractivity contribution in [3.8, 4) is 22.6 Å². The number of carbonyl (C=O) groups excluding carboxylic acids is 1. The fraction of sp³-hybridized carbons (Fsp3) is 0.429. The van der Waals surface area contributed by atoms with Gasteiger partial charge in [-0.1, -0.05) is 12.1 Å². The van der Waals surface area contributed by atoms with Crippen molar-refractivity contribution in [3.63, 3.8) is 0 Å². The van der Waals surface area contributed by atoms with Crippen molar-refractivity contribution in [1.82, 2.24) is 15.2 Å². The highest BCUT2D eigenvalue weighted by Gasteiger charge is 2.12. The van der Waals surface area contributed by atoms with Crippen molar-refractivity contribution in [2.45, 2.75) is 19.3 Å². The molecule has 3 rings (SSSR count). The number of hydrogen-bond acceptors (Lipinski definition) is 5. The molecule has 1 aromatic carbocycles. The summed E-state index contributed by atoms with van der Waals surface area (Å²) < 4.78 is 10.6. The van der Waals surface area contributed by atoms with E-state index in [-0.39, 0.29) is 5.91 Å². The van der Waals surface area contributed by atoms with E-state index in [1.165, 1.54) is 25.9 Å². The number of nitrogens with zero attached hydrogens (tertiary/aromatic N) is 2. The van der Waals surface area contributed by atoms with Crippen LogP contribution in [0.25, 0.3) is 11.1 Å². The minimum Gasteiger partial charge on any atom is -0.493 e. The molecule has 1 N–H and O–H groups in total. The van der Waals surface area contributed by atoms with Crippen LogP contribution in [0.4, 0.5) is 0 Å². The van der Waals surface area contributed by atoms with Crippen LogP contribution in [0.2, 0.25) is 0 Å². The van der Waals surface area contributed by atoms with Gasteiger partial charge in [-0.2, -0.15) is 0 Å². The molecule has 27 heavy (non-hydrogen) atoms. The molecule has 0 saturated carbocycles. The lowest BCUT2D eigenvalue weighted by atomic mass is 10.1. The SMILES string of the molecule is COc1ccc(-c2ccc(C(=O)NCCCN3CCCC3)nc2)cc1OC. The topological polar surface area (TPSA) is 63.7 Å². The van der Waals surface area contributed by atoms with Gasteiger partial charge >= 0.3 is 0 Å². The Kier molecular flexibility index (Phi) is 6.65. The highest BCUT2D eigenvalue weighted by Crippen LogP contribution is 2.31. The van der Waals surface area contributed by atoms with Gasteiger partial charge in [0.1, 0.15) is 5.69 Å². The molecule has 1 fully saturated rings. The van der Waals surface area contributed by atoms with Crippen molar-refractivity contribution < 1.29 is 14.3 Å². The van der Waals surface area contributed by atoms with Gasteiger partial charge in [0.2, 0.25) is 0 Å². The van der Waals surface area contributed by atoms with E-state index in [0.717, 1.165) is 24.1 Å². The quantitative estimate of drug-likeness (QED) is 0.725. The van der Waals surface area contributed by atoms with Gasteiger partial charge < -0.3 is 19.7 Å². The van der Waals surface area contributed by atoms with Crippen molar-refractivity contribution >= 4 is 5.91 Å². The molecule has 1 saturated heterocycles. The van der Waals surface area contributed by atoms with E-state index in [1.54, 1.807) is 26.5 Å². The zero-order valence-electron chi connectivity index (χ0n) is 16.0. The largest absolute Gasteiger partial charge is 0.493 e. The molecule has 0 unspecified atom stereocenters. The molecular weight excluding hydrogens is 342 g/mol. The standard InChI is InChI=1S/C21H27N3O3/c1-26-19-9-7-16(14-20(19)27-2)17-6-8-18(23-15-17)21(25)22-10-5-13-24-11-3-4-12-24/h6-9,14-15H,3-5,10-13H2,1-2H3,(H,22,25). The number of amides is 1. The molecule has 0 spiro atoms. The van der Waals surface area contributed by atoms with E-state index < -0.39 is 0 Å². The molecule has 1 aromatic heterocycles. The molecule has 1 aliphatic rings. The number of ether oxygens (including phenoxy) is 2. The monoisotopic (exact) mass is 369 g/mol. The Hall–Kier alpha value is -2.60. The molecule has 6 heteroatoms. The molecular formula is C21H27N3O3. The first-order chi connectivity index (χ1) is 13.2. The molecule has 2 heterocycles. The lowest BCUT2D eigenvalue weighted by Gasteiger charge is -2.14. The Labute approximate surface area is 160 Å². The zero-order valence-corrected chi connectivity index (χ0v) is 16.0. The maximum absolute atomic E-state index is 12.2. The van der Waals surface area contributed by atoms with E-state index in [9.17, 15) is 4.79 Å². The Morgan fingerprint density at radius 1 is 1.07 bits per heavy atom. The van der Waals surface area contributed by atoms with E-state index in [0.29, 0.717) is 23.7 Å². The fourth-order valence-corrected chi connectivity index (χ4v) is 3.32. The van der Waals surface area contributed by atoms with E-state index in [1.807, 2.05) is 24.3 Å². The number of nitrogens with one attached hydrogen (secondary N) is 1. The number of likely N-dealkylation sites (tertiary alicyclic amines) is 1. The van der Waals surface area contributed by atoms with Crippen LogP contribution in [0.1, 0.15) is 29.8 Å². The minimum atomic E-state index is -0.129. The summed E-state index contributed by atoms with van der Waals surface area (Å²) in [4.78, 5) is 19.0. The van der Waals surface area contributed by atoms with Crippen molar-refractivity contribution in [2.75, 3.05) is 40.4 Å². The molecule has 2 aromatic rings. The van der Waals surface area contributed by atoms with Crippen LogP contribution in [0.5, 0.6) is 11.5 Å². The summed E-state index contributed by atoms with van der Waals surface area (Å²) in [6, 6.07) is 9.34. The summed E-state index contributed by atoms with van der Waals surface area (Å²) in [5.41, 5.74) is 2.31. The highest BCUT2D eigenvalue weighted by atomic mass is 16.5.